The highest BCUT2D eigenvalue weighted by Gasteiger charge is 2.26. The number of esters is 3. The van der Waals surface area contributed by atoms with Crippen molar-refractivity contribution in [3.05, 3.63) is 55.5 Å². The van der Waals surface area contributed by atoms with Gasteiger partial charge in [-0.25, -0.2) is 9.59 Å². The number of hydrogen-bond donors (Lipinski definition) is 2. The first-order valence-electron chi connectivity index (χ1n) is 17.7. The average molecular weight is 809 g/mol. The minimum Gasteiger partial charge on any atom is -0.462 e. The number of halogens is 2. The van der Waals surface area contributed by atoms with Crippen LogP contribution in [-0.2, 0) is 32.1 Å². The van der Waals surface area contributed by atoms with Crippen LogP contribution in [0.5, 0.6) is 0 Å². The van der Waals surface area contributed by atoms with Gasteiger partial charge in [-0.3, -0.25) is 14.6 Å². The summed E-state index contributed by atoms with van der Waals surface area (Å²) < 4.78 is 17.8. The Morgan fingerprint density at radius 2 is 1.14 bits per heavy atom. The summed E-state index contributed by atoms with van der Waals surface area (Å²) in [5.74, 6) is -1.79. The third-order valence-electron chi connectivity index (χ3n) is 9.79. The van der Waals surface area contributed by atoms with E-state index in [4.69, 9.17) is 25.7 Å². The van der Waals surface area contributed by atoms with Crippen molar-refractivity contribution in [2.24, 2.45) is 0 Å². The highest BCUT2D eigenvalue weighted by atomic mass is 79.9. The standard InChI is InChI=1S/C37H52Br2N4O6/c1-4-42(29-12-8-6-9-13-29)20-27-16-25(18-32(38)34(27)40)36(45)48-23-31(22-47-24(3)44)49-37(46)26-17-28(35(41)33(39)19-26)21-43(5-2)30-14-10-7-11-15-30/h16-19,29-31H,4-15,20-23,40-41H2,1-3H3. The van der Waals surface area contributed by atoms with E-state index in [2.05, 4.69) is 55.5 Å². The Morgan fingerprint density at radius 3 is 1.57 bits per heavy atom. The molecule has 2 aliphatic rings. The third-order valence-corrected chi connectivity index (χ3v) is 11.1. The van der Waals surface area contributed by atoms with Crippen molar-refractivity contribution in [3.63, 3.8) is 0 Å². The van der Waals surface area contributed by atoms with E-state index in [9.17, 15) is 14.4 Å². The van der Waals surface area contributed by atoms with Crippen LogP contribution < -0.4 is 11.5 Å². The lowest BCUT2D eigenvalue weighted by Gasteiger charge is -2.34. The normalized spacial score (nSPS) is 16.5. The van der Waals surface area contributed by atoms with Crippen molar-refractivity contribution in [3.8, 4) is 0 Å². The van der Waals surface area contributed by atoms with Crippen molar-refractivity contribution < 1.29 is 28.6 Å². The van der Waals surface area contributed by atoms with Crippen LogP contribution in [0, 0.1) is 0 Å². The second kappa shape index (κ2) is 19.1. The molecular weight excluding hydrogens is 756 g/mol. The Kier molecular flexibility index (Phi) is 15.2. The van der Waals surface area contributed by atoms with Gasteiger partial charge in [-0.1, -0.05) is 52.4 Å². The van der Waals surface area contributed by atoms with Crippen molar-refractivity contribution >= 4 is 61.1 Å². The molecule has 1 atom stereocenters. The Hall–Kier alpha value is -2.67. The van der Waals surface area contributed by atoms with E-state index in [1.54, 1.807) is 24.3 Å². The lowest BCUT2D eigenvalue weighted by Crippen LogP contribution is -2.36. The zero-order valence-corrected chi connectivity index (χ0v) is 32.3. The molecule has 10 nitrogen and oxygen atoms in total. The van der Waals surface area contributed by atoms with E-state index < -0.39 is 24.0 Å². The van der Waals surface area contributed by atoms with Crippen molar-refractivity contribution in [1.29, 1.82) is 0 Å². The predicted octanol–water partition coefficient (Wildman–Crippen LogP) is 7.63. The Morgan fingerprint density at radius 1 is 0.714 bits per heavy atom. The minimum atomic E-state index is -1.03. The molecule has 4 N–H and O–H groups in total. The molecule has 1 unspecified atom stereocenters. The van der Waals surface area contributed by atoms with E-state index in [1.807, 2.05) is 0 Å². The number of anilines is 2. The predicted molar refractivity (Wildman–Crippen MR) is 199 cm³/mol. The quantitative estimate of drug-likeness (QED) is 0.105. The third kappa shape index (κ3) is 11.2. The fourth-order valence-corrected chi connectivity index (χ4v) is 7.98. The smallest absolute Gasteiger partial charge is 0.338 e. The van der Waals surface area contributed by atoms with Crippen LogP contribution in [0.2, 0.25) is 0 Å². The molecule has 2 aromatic rings. The second-order valence-corrected chi connectivity index (χ2v) is 14.9. The zero-order valence-electron chi connectivity index (χ0n) is 29.1. The fraction of sp³-hybridized carbons (Fsp3) is 0.595. The monoisotopic (exact) mass is 806 g/mol. The molecule has 2 fully saturated rings. The molecule has 49 heavy (non-hydrogen) atoms. The molecule has 0 amide bonds. The molecule has 0 saturated heterocycles. The van der Waals surface area contributed by atoms with E-state index >= 15 is 0 Å². The molecule has 0 bridgehead atoms. The van der Waals surface area contributed by atoms with Gasteiger partial charge in [0, 0.05) is 41.0 Å². The molecule has 0 aliphatic heterocycles. The summed E-state index contributed by atoms with van der Waals surface area (Å²) >= 11 is 7.03. The SMILES string of the molecule is CCN(Cc1cc(C(=O)OCC(COC(C)=O)OC(=O)c2cc(Br)c(N)c(CN(CC)C3CCCCC3)c2)cc(Br)c1N)C1CCCCC1. The number of carbonyl (C=O) groups is 3. The molecule has 0 spiro atoms. The van der Waals surface area contributed by atoms with Gasteiger partial charge in [0.25, 0.3) is 0 Å². The van der Waals surface area contributed by atoms with Crippen molar-refractivity contribution in [1.82, 2.24) is 9.80 Å². The van der Waals surface area contributed by atoms with E-state index in [0.29, 0.717) is 56.6 Å². The second-order valence-electron chi connectivity index (χ2n) is 13.2. The first kappa shape index (κ1) is 39.1. The van der Waals surface area contributed by atoms with E-state index in [1.165, 1.54) is 45.4 Å². The van der Waals surface area contributed by atoms with Crippen molar-refractivity contribution in [2.75, 3.05) is 37.8 Å². The Bertz CT molecular complexity index is 1440. The summed E-state index contributed by atoms with van der Waals surface area (Å²) in [4.78, 5) is 43.3. The highest BCUT2D eigenvalue weighted by Crippen LogP contribution is 2.32. The van der Waals surface area contributed by atoms with Gasteiger partial charge in [0.2, 0.25) is 0 Å². The topological polar surface area (TPSA) is 137 Å². The number of benzene rings is 2. The molecule has 0 aromatic heterocycles. The summed E-state index contributed by atoms with van der Waals surface area (Å²) in [6.07, 6.45) is 11.0. The van der Waals surface area contributed by atoms with Crippen LogP contribution in [-0.4, -0.2) is 72.2 Å². The number of hydrogen-bond acceptors (Lipinski definition) is 10. The maximum Gasteiger partial charge on any atom is 0.338 e. The maximum absolute atomic E-state index is 13.5. The number of carbonyl (C=O) groups excluding carboxylic acids is 3. The van der Waals surface area contributed by atoms with Crippen LogP contribution in [0.4, 0.5) is 11.4 Å². The molecule has 0 radical (unpaired) electrons. The summed E-state index contributed by atoms with van der Waals surface area (Å²) in [6.45, 7) is 7.94. The molecule has 0 heterocycles. The number of nitrogen functional groups attached to an aromatic ring is 2. The van der Waals surface area contributed by atoms with Crippen LogP contribution >= 0.6 is 31.9 Å². The number of rotatable bonds is 15. The van der Waals surface area contributed by atoms with Crippen LogP contribution in [0.15, 0.2) is 33.2 Å². The summed E-state index contributed by atoms with van der Waals surface area (Å²) in [5.41, 5.74) is 16.3. The molecule has 2 aromatic carbocycles. The molecule has 4 rings (SSSR count). The number of nitrogens with two attached hydrogens (primary N) is 2. The van der Waals surface area contributed by atoms with Gasteiger partial charge in [-0.15, -0.1) is 0 Å². The van der Waals surface area contributed by atoms with Gasteiger partial charge < -0.3 is 25.7 Å². The number of ether oxygens (including phenoxy) is 3. The Balaban J connectivity index is 1.46. The van der Waals surface area contributed by atoms with Gasteiger partial charge in [-0.2, -0.15) is 0 Å². The van der Waals surface area contributed by atoms with Crippen molar-refractivity contribution in [2.45, 2.75) is 116 Å². The van der Waals surface area contributed by atoms with E-state index in [0.717, 1.165) is 49.9 Å². The first-order chi connectivity index (χ1) is 23.5. The van der Waals surface area contributed by atoms with Crippen LogP contribution in [0.1, 0.15) is 117 Å². The largest absolute Gasteiger partial charge is 0.462 e. The summed E-state index contributed by atoms with van der Waals surface area (Å²) in [7, 11) is 0. The number of nitrogens with zero attached hydrogens (tertiary/aromatic N) is 2. The van der Waals surface area contributed by atoms with Gasteiger partial charge in [0.1, 0.15) is 13.2 Å². The molecule has 12 heteroatoms. The molecule has 2 aliphatic carbocycles. The zero-order chi connectivity index (χ0) is 35.5. The maximum atomic E-state index is 13.5. The Labute approximate surface area is 307 Å². The van der Waals surface area contributed by atoms with E-state index in [-0.39, 0.29) is 13.2 Å². The minimum absolute atomic E-state index is 0.272. The van der Waals surface area contributed by atoms with Gasteiger partial charge >= 0.3 is 17.9 Å². The molecule has 2 saturated carbocycles. The summed E-state index contributed by atoms with van der Waals surface area (Å²) in [6, 6.07) is 7.74. The van der Waals surface area contributed by atoms with Crippen LogP contribution in [0.25, 0.3) is 0 Å². The first-order valence-corrected chi connectivity index (χ1v) is 19.2. The van der Waals surface area contributed by atoms with Gasteiger partial charge in [0.15, 0.2) is 6.10 Å². The fourth-order valence-electron chi connectivity index (χ4n) is 6.97. The lowest BCUT2D eigenvalue weighted by atomic mass is 9.93. The highest BCUT2D eigenvalue weighted by molar-refractivity contribution is 9.11. The summed E-state index contributed by atoms with van der Waals surface area (Å²) in [5, 5.41) is 0. The van der Waals surface area contributed by atoms with Gasteiger partial charge in [0.05, 0.1) is 22.5 Å². The van der Waals surface area contributed by atoms with Crippen LogP contribution in [0.3, 0.4) is 0 Å². The lowest BCUT2D eigenvalue weighted by molar-refractivity contribution is -0.144. The van der Waals surface area contributed by atoms with Gasteiger partial charge in [-0.05, 0) is 106 Å². The molecular formula is C37H52Br2N4O6. The molecule has 270 valence electrons. The average Bonchev–Trinajstić information content (AvgIpc) is 3.10.